The quantitative estimate of drug-likeness (QED) is 0.870. The monoisotopic (exact) mass is 308 g/mol. The van der Waals surface area contributed by atoms with Crippen LogP contribution in [0.4, 0.5) is 0 Å². The van der Waals surface area contributed by atoms with Crippen molar-refractivity contribution >= 4 is 0 Å². The van der Waals surface area contributed by atoms with E-state index in [1.165, 1.54) is 5.56 Å². The first-order chi connectivity index (χ1) is 11.3. The van der Waals surface area contributed by atoms with Gasteiger partial charge in [0.25, 0.3) is 0 Å². The fraction of sp³-hybridized carbons (Fsp3) is 0.316. The number of hydrogen-bond acceptors (Lipinski definition) is 4. The van der Waals surface area contributed by atoms with Crippen LogP contribution >= 0.6 is 0 Å². The van der Waals surface area contributed by atoms with Crippen molar-refractivity contribution in [2.24, 2.45) is 0 Å². The topological polar surface area (TPSA) is 45.5 Å². The molecule has 1 saturated heterocycles. The van der Waals surface area contributed by atoms with Crippen LogP contribution in [-0.4, -0.2) is 31.7 Å². The minimum Gasteiger partial charge on any atom is -0.496 e. The zero-order valence-electron chi connectivity index (χ0n) is 13.2. The standard InChI is InChI=1S/C19H20N2O2/c1-22-18-8-7-16(12-20)11-17(18)19-14-21(9-10-23-19)13-15-5-3-2-4-6-15/h2-8,11,19H,9-10,13-14H2,1H3/t19-/m1/s1. The number of ether oxygens (including phenoxy) is 2. The highest BCUT2D eigenvalue weighted by atomic mass is 16.5. The molecular weight excluding hydrogens is 288 g/mol. The van der Waals surface area contributed by atoms with Gasteiger partial charge in [0, 0.05) is 25.2 Å². The molecule has 4 heteroatoms. The molecule has 0 bridgehead atoms. The van der Waals surface area contributed by atoms with E-state index in [2.05, 4.69) is 35.2 Å². The Morgan fingerprint density at radius 2 is 2.09 bits per heavy atom. The summed E-state index contributed by atoms with van der Waals surface area (Å²) in [6.07, 6.45) is -0.0734. The Balaban J connectivity index is 1.77. The van der Waals surface area contributed by atoms with Crippen molar-refractivity contribution in [3.63, 3.8) is 0 Å². The molecule has 1 heterocycles. The lowest BCUT2D eigenvalue weighted by Gasteiger charge is -2.33. The summed E-state index contributed by atoms with van der Waals surface area (Å²) < 4.78 is 11.4. The zero-order chi connectivity index (χ0) is 16.1. The normalized spacial score (nSPS) is 18.3. The molecule has 0 N–H and O–H groups in total. The summed E-state index contributed by atoms with van der Waals surface area (Å²) in [6, 6.07) is 18.1. The molecule has 0 spiro atoms. The van der Waals surface area contributed by atoms with Crippen LogP contribution in [-0.2, 0) is 11.3 Å². The molecule has 3 rings (SSSR count). The van der Waals surface area contributed by atoms with Gasteiger partial charge in [-0.25, -0.2) is 0 Å². The molecule has 0 unspecified atom stereocenters. The summed E-state index contributed by atoms with van der Waals surface area (Å²) in [5, 5.41) is 9.13. The lowest BCUT2D eigenvalue weighted by Crippen LogP contribution is -2.37. The zero-order valence-corrected chi connectivity index (χ0v) is 13.2. The number of nitrogens with zero attached hydrogens (tertiary/aromatic N) is 2. The highest BCUT2D eigenvalue weighted by molar-refractivity contribution is 5.43. The molecule has 1 atom stereocenters. The van der Waals surface area contributed by atoms with E-state index in [0.717, 1.165) is 30.9 Å². The van der Waals surface area contributed by atoms with Crippen LogP contribution in [0.5, 0.6) is 5.75 Å². The Labute approximate surface area is 136 Å². The number of rotatable bonds is 4. The highest BCUT2D eigenvalue weighted by Crippen LogP contribution is 2.31. The number of hydrogen-bond donors (Lipinski definition) is 0. The number of morpholine rings is 1. The minimum atomic E-state index is -0.0734. The second-order valence-corrected chi connectivity index (χ2v) is 5.65. The molecule has 1 aliphatic heterocycles. The van der Waals surface area contributed by atoms with Crippen LogP contribution < -0.4 is 4.74 Å². The van der Waals surface area contributed by atoms with E-state index in [4.69, 9.17) is 14.7 Å². The van der Waals surface area contributed by atoms with Crippen molar-refractivity contribution in [1.82, 2.24) is 4.90 Å². The fourth-order valence-corrected chi connectivity index (χ4v) is 2.93. The molecule has 0 saturated carbocycles. The lowest BCUT2D eigenvalue weighted by atomic mass is 10.0. The first-order valence-corrected chi connectivity index (χ1v) is 7.76. The van der Waals surface area contributed by atoms with Gasteiger partial charge in [0.15, 0.2) is 0 Å². The van der Waals surface area contributed by atoms with Crippen LogP contribution in [0.15, 0.2) is 48.5 Å². The molecule has 0 amide bonds. The van der Waals surface area contributed by atoms with Gasteiger partial charge in [0.2, 0.25) is 0 Å². The van der Waals surface area contributed by atoms with E-state index in [9.17, 15) is 0 Å². The predicted molar refractivity (Wildman–Crippen MR) is 88.1 cm³/mol. The summed E-state index contributed by atoms with van der Waals surface area (Å²) in [6.45, 7) is 3.28. The van der Waals surface area contributed by atoms with Crippen molar-refractivity contribution in [2.45, 2.75) is 12.6 Å². The summed E-state index contributed by atoms with van der Waals surface area (Å²) in [4.78, 5) is 2.38. The van der Waals surface area contributed by atoms with Gasteiger partial charge in [-0.2, -0.15) is 5.26 Å². The van der Waals surface area contributed by atoms with E-state index in [1.807, 2.05) is 18.2 Å². The Morgan fingerprint density at radius 3 is 2.83 bits per heavy atom. The molecule has 4 nitrogen and oxygen atoms in total. The number of methoxy groups -OCH3 is 1. The van der Waals surface area contributed by atoms with Crippen LogP contribution in [0, 0.1) is 11.3 Å². The predicted octanol–water partition coefficient (Wildman–Crippen LogP) is 3.14. The van der Waals surface area contributed by atoms with Gasteiger partial charge in [-0.05, 0) is 23.8 Å². The van der Waals surface area contributed by atoms with E-state index in [1.54, 1.807) is 13.2 Å². The van der Waals surface area contributed by atoms with Crippen molar-refractivity contribution in [3.8, 4) is 11.8 Å². The average molecular weight is 308 g/mol. The van der Waals surface area contributed by atoms with Gasteiger partial charge in [-0.1, -0.05) is 30.3 Å². The summed E-state index contributed by atoms with van der Waals surface area (Å²) >= 11 is 0. The van der Waals surface area contributed by atoms with E-state index < -0.39 is 0 Å². The molecule has 2 aromatic carbocycles. The van der Waals surface area contributed by atoms with Crippen LogP contribution in [0.1, 0.15) is 22.8 Å². The summed E-state index contributed by atoms with van der Waals surface area (Å²) in [5.41, 5.74) is 2.87. The molecule has 1 fully saturated rings. The fourth-order valence-electron chi connectivity index (χ4n) is 2.93. The first kappa shape index (κ1) is 15.5. The van der Waals surface area contributed by atoms with Gasteiger partial charge in [0.1, 0.15) is 5.75 Å². The van der Waals surface area contributed by atoms with E-state index >= 15 is 0 Å². The molecule has 0 aromatic heterocycles. The van der Waals surface area contributed by atoms with Crippen LogP contribution in [0.2, 0.25) is 0 Å². The SMILES string of the molecule is COc1ccc(C#N)cc1[C@H]1CN(Cc2ccccc2)CCO1. The van der Waals surface area contributed by atoms with Crippen molar-refractivity contribution in [3.05, 3.63) is 65.2 Å². The second kappa shape index (κ2) is 7.28. The van der Waals surface area contributed by atoms with Gasteiger partial charge < -0.3 is 9.47 Å². The third-order valence-electron chi connectivity index (χ3n) is 4.11. The maximum absolute atomic E-state index is 9.13. The molecule has 0 aliphatic carbocycles. The first-order valence-electron chi connectivity index (χ1n) is 7.76. The Bertz CT molecular complexity index is 694. The summed E-state index contributed by atoms with van der Waals surface area (Å²) in [7, 11) is 1.65. The third kappa shape index (κ3) is 3.70. The summed E-state index contributed by atoms with van der Waals surface area (Å²) in [5.74, 6) is 0.774. The third-order valence-corrected chi connectivity index (χ3v) is 4.11. The smallest absolute Gasteiger partial charge is 0.124 e. The van der Waals surface area contributed by atoms with E-state index in [0.29, 0.717) is 12.2 Å². The maximum Gasteiger partial charge on any atom is 0.124 e. The van der Waals surface area contributed by atoms with E-state index in [-0.39, 0.29) is 6.10 Å². The molecule has 1 aliphatic rings. The molecule has 2 aromatic rings. The Kier molecular flexibility index (Phi) is 4.92. The molecule has 118 valence electrons. The largest absolute Gasteiger partial charge is 0.496 e. The Morgan fingerprint density at radius 1 is 1.26 bits per heavy atom. The average Bonchev–Trinajstić information content (AvgIpc) is 2.62. The van der Waals surface area contributed by atoms with Crippen LogP contribution in [0.25, 0.3) is 0 Å². The molecular formula is C19H20N2O2. The van der Waals surface area contributed by atoms with Gasteiger partial charge >= 0.3 is 0 Å². The van der Waals surface area contributed by atoms with Crippen molar-refractivity contribution in [2.75, 3.05) is 26.8 Å². The van der Waals surface area contributed by atoms with Crippen molar-refractivity contribution in [1.29, 1.82) is 5.26 Å². The maximum atomic E-state index is 9.13. The highest BCUT2D eigenvalue weighted by Gasteiger charge is 2.25. The molecule has 0 radical (unpaired) electrons. The molecule has 23 heavy (non-hydrogen) atoms. The second-order valence-electron chi connectivity index (χ2n) is 5.65. The van der Waals surface area contributed by atoms with Crippen LogP contribution in [0.3, 0.4) is 0 Å². The number of benzene rings is 2. The minimum absolute atomic E-state index is 0.0734. The van der Waals surface area contributed by atoms with Gasteiger partial charge in [-0.3, -0.25) is 4.90 Å². The number of nitriles is 1. The van der Waals surface area contributed by atoms with Gasteiger partial charge in [-0.15, -0.1) is 0 Å². The van der Waals surface area contributed by atoms with Crippen molar-refractivity contribution < 1.29 is 9.47 Å². The van der Waals surface area contributed by atoms with Gasteiger partial charge in [0.05, 0.1) is 31.5 Å². The lowest BCUT2D eigenvalue weighted by molar-refractivity contribution is -0.0338. The Hall–Kier alpha value is -2.35.